The predicted octanol–water partition coefficient (Wildman–Crippen LogP) is 1.55. The maximum absolute atomic E-state index is 12.5. The monoisotopic (exact) mass is 326 g/mol. The number of aliphatic carboxylic acids is 1. The van der Waals surface area contributed by atoms with E-state index in [9.17, 15) is 19.7 Å². The second-order valence-electron chi connectivity index (χ2n) is 4.51. The van der Waals surface area contributed by atoms with Gasteiger partial charge in [-0.1, -0.05) is 0 Å². The topological polar surface area (TPSA) is 119 Å². The average molecular weight is 326 g/mol. The molecule has 0 heterocycles. The summed E-state index contributed by atoms with van der Waals surface area (Å²) < 4.78 is 10.1. The van der Waals surface area contributed by atoms with Gasteiger partial charge < -0.3 is 19.5 Å². The zero-order valence-corrected chi connectivity index (χ0v) is 13.1. The average Bonchev–Trinajstić information content (AvgIpc) is 2.53. The van der Waals surface area contributed by atoms with Crippen molar-refractivity contribution in [2.45, 2.75) is 13.3 Å². The molecule has 0 aromatic heterocycles. The highest BCUT2D eigenvalue weighted by molar-refractivity contribution is 5.99. The quantitative estimate of drug-likeness (QED) is 0.568. The van der Waals surface area contributed by atoms with Crippen LogP contribution in [0.15, 0.2) is 12.1 Å². The van der Waals surface area contributed by atoms with Crippen LogP contribution in [0, 0.1) is 10.1 Å². The number of carbonyl (C=O) groups excluding carboxylic acids is 1. The Hall–Kier alpha value is -2.84. The van der Waals surface area contributed by atoms with E-state index < -0.39 is 22.5 Å². The summed E-state index contributed by atoms with van der Waals surface area (Å²) in [5.41, 5.74) is -0.610. The van der Waals surface area contributed by atoms with Crippen molar-refractivity contribution < 1.29 is 29.1 Å². The molecule has 0 aliphatic carbocycles. The highest BCUT2D eigenvalue weighted by Gasteiger charge is 2.27. The van der Waals surface area contributed by atoms with Gasteiger partial charge >= 0.3 is 5.97 Å². The van der Waals surface area contributed by atoms with Crippen molar-refractivity contribution in [2.24, 2.45) is 0 Å². The van der Waals surface area contributed by atoms with Crippen LogP contribution < -0.4 is 9.47 Å². The fraction of sp³-hybridized carbons (Fsp3) is 0.429. The Morgan fingerprint density at radius 1 is 1.26 bits per heavy atom. The first-order chi connectivity index (χ1) is 10.8. The van der Waals surface area contributed by atoms with Gasteiger partial charge in [0.2, 0.25) is 0 Å². The van der Waals surface area contributed by atoms with Gasteiger partial charge in [0, 0.05) is 19.2 Å². The van der Waals surface area contributed by atoms with Crippen molar-refractivity contribution in [1.29, 1.82) is 0 Å². The van der Waals surface area contributed by atoms with E-state index in [4.69, 9.17) is 14.6 Å². The zero-order valence-electron chi connectivity index (χ0n) is 13.1. The molecule has 0 aliphatic heterocycles. The second-order valence-corrected chi connectivity index (χ2v) is 4.51. The molecule has 0 atom stereocenters. The highest BCUT2D eigenvalue weighted by Crippen LogP contribution is 2.35. The summed E-state index contributed by atoms with van der Waals surface area (Å²) in [5.74, 6) is -1.39. The fourth-order valence-corrected chi connectivity index (χ4v) is 1.99. The number of methoxy groups -OCH3 is 2. The van der Waals surface area contributed by atoms with Crippen LogP contribution in [-0.4, -0.2) is 54.1 Å². The maximum Gasteiger partial charge on any atom is 0.305 e. The molecule has 9 nitrogen and oxygen atoms in total. The van der Waals surface area contributed by atoms with Crippen molar-refractivity contribution in [3.8, 4) is 11.5 Å². The summed E-state index contributed by atoms with van der Waals surface area (Å²) in [6.45, 7) is 1.83. The number of carboxylic acids is 1. The zero-order chi connectivity index (χ0) is 17.6. The Labute approximate surface area is 132 Å². The molecule has 23 heavy (non-hydrogen) atoms. The largest absolute Gasteiger partial charge is 0.493 e. The Bertz CT molecular complexity index is 615. The number of rotatable bonds is 8. The van der Waals surface area contributed by atoms with Crippen LogP contribution in [0.5, 0.6) is 11.5 Å². The van der Waals surface area contributed by atoms with Crippen LogP contribution in [0.4, 0.5) is 5.69 Å². The predicted molar refractivity (Wildman–Crippen MR) is 80.0 cm³/mol. The molecule has 1 amide bonds. The minimum absolute atomic E-state index is 0.0455. The van der Waals surface area contributed by atoms with E-state index in [0.29, 0.717) is 0 Å². The van der Waals surface area contributed by atoms with E-state index in [0.717, 1.165) is 6.07 Å². The number of benzene rings is 1. The molecule has 1 rings (SSSR count). The lowest BCUT2D eigenvalue weighted by atomic mass is 10.1. The second kappa shape index (κ2) is 7.97. The van der Waals surface area contributed by atoms with E-state index in [1.165, 1.54) is 25.2 Å². The number of nitro groups is 1. The van der Waals surface area contributed by atoms with Gasteiger partial charge in [0.05, 0.1) is 31.6 Å². The first-order valence-electron chi connectivity index (χ1n) is 6.77. The van der Waals surface area contributed by atoms with Crippen LogP contribution in [0.1, 0.15) is 23.7 Å². The van der Waals surface area contributed by atoms with Crippen molar-refractivity contribution in [3.05, 3.63) is 27.8 Å². The number of nitro benzene ring substituents is 1. The standard InChI is InChI=1S/C14H18N2O7/c1-4-15(6-5-13(17)18)14(19)9-7-11(22-2)12(23-3)8-10(9)16(20)21/h7-8H,4-6H2,1-3H3,(H,17,18). The molecule has 0 radical (unpaired) electrons. The Morgan fingerprint density at radius 3 is 2.26 bits per heavy atom. The molecule has 0 unspecified atom stereocenters. The first kappa shape index (κ1) is 18.2. The SMILES string of the molecule is CCN(CCC(=O)O)C(=O)c1cc(OC)c(OC)cc1[N+](=O)[O-]. The Balaban J connectivity index is 3.29. The fourth-order valence-electron chi connectivity index (χ4n) is 1.99. The molecule has 0 fully saturated rings. The smallest absolute Gasteiger partial charge is 0.305 e. The summed E-state index contributed by atoms with van der Waals surface area (Å²) in [6, 6.07) is 2.33. The van der Waals surface area contributed by atoms with Crippen molar-refractivity contribution in [2.75, 3.05) is 27.3 Å². The lowest BCUT2D eigenvalue weighted by Crippen LogP contribution is -2.33. The van der Waals surface area contributed by atoms with Gasteiger partial charge in [-0.25, -0.2) is 0 Å². The van der Waals surface area contributed by atoms with E-state index >= 15 is 0 Å². The lowest BCUT2D eigenvalue weighted by molar-refractivity contribution is -0.385. The van der Waals surface area contributed by atoms with E-state index in [-0.39, 0.29) is 36.6 Å². The van der Waals surface area contributed by atoms with Crippen LogP contribution in [-0.2, 0) is 4.79 Å². The lowest BCUT2D eigenvalue weighted by Gasteiger charge is -2.20. The molecule has 126 valence electrons. The third-order valence-electron chi connectivity index (χ3n) is 3.19. The number of amides is 1. The third-order valence-corrected chi connectivity index (χ3v) is 3.19. The van der Waals surface area contributed by atoms with Crippen LogP contribution in [0.3, 0.4) is 0 Å². The van der Waals surface area contributed by atoms with Gasteiger partial charge in [-0.2, -0.15) is 0 Å². The molecular formula is C14H18N2O7. The van der Waals surface area contributed by atoms with Crippen molar-refractivity contribution in [3.63, 3.8) is 0 Å². The Morgan fingerprint density at radius 2 is 1.83 bits per heavy atom. The van der Waals surface area contributed by atoms with Gasteiger partial charge in [0.1, 0.15) is 5.56 Å². The number of ether oxygens (including phenoxy) is 2. The van der Waals surface area contributed by atoms with Gasteiger partial charge in [0.25, 0.3) is 11.6 Å². The highest BCUT2D eigenvalue weighted by atomic mass is 16.6. The normalized spacial score (nSPS) is 10.0. The van der Waals surface area contributed by atoms with Gasteiger partial charge in [0.15, 0.2) is 11.5 Å². The van der Waals surface area contributed by atoms with Gasteiger partial charge in [-0.3, -0.25) is 19.7 Å². The molecule has 9 heteroatoms. The molecule has 1 aromatic rings. The van der Waals surface area contributed by atoms with Gasteiger partial charge in [-0.15, -0.1) is 0 Å². The maximum atomic E-state index is 12.5. The summed E-state index contributed by atoms with van der Waals surface area (Å²) >= 11 is 0. The number of carbonyl (C=O) groups is 2. The minimum atomic E-state index is -1.06. The molecule has 0 saturated heterocycles. The molecule has 0 spiro atoms. The molecule has 0 aliphatic rings. The molecular weight excluding hydrogens is 308 g/mol. The first-order valence-corrected chi connectivity index (χ1v) is 6.77. The minimum Gasteiger partial charge on any atom is -0.493 e. The number of nitrogens with zero attached hydrogens (tertiary/aromatic N) is 2. The molecule has 0 bridgehead atoms. The van der Waals surface area contributed by atoms with Crippen LogP contribution in [0.2, 0.25) is 0 Å². The summed E-state index contributed by atoms with van der Waals surface area (Å²) in [6.07, 6.45) is -0.249. The van der Waals surface area contributed by atoms with Crippen molar-refractivity contribution in [1.82, 2.24) is 4.90 Å². The summed E-state index contributed by atoms with van der Waals surface area (Å²) in [5, 5.41) is 19.9. The third kappa shape index (κ3) is 4.31. The number of hydrogen-bond acceptors (Lipinski definition) is 6. The number of carboxylic acid groups (broad SMARTS) is 1. The van der Waals surface area contributed by atoms with E-state index in [1.807, 2.05) is 0 Å². The van der Waals surface area contributed by atoms with Crippen molar-refractivity contribution >= 4 is 17.6 Å². The Kier molecular flexibility index (Phi) is 6.31. The molecule has 0 saturated carbocycles. The summed E-state index contributed by atoms with van der Waals surface area (Å²) in [4.78, 5) is 34.9. The van der Waals surface area contributed by atoms with Crippen LogP contribution in [0.25, 0.3) is 0 Å². The van der Waals surface area contributed by atoms with Crippen LogP contribution >= 0.6 is 0 Å². The number of hydrogen-bond donors (Lipinski definition) is 1. The van der Waals surface area contributed by atoms with E-state index in [2.05, 4.69) is 0 Å². The summed E-state index contributed by atoms with van der Waals surface area (Å²) in [7, 11) is 2.67. The van der Waals surface area contributed by atoms with E-state index in [1.54, 1.807) is 6.92 Å². The molecule has 1 aromatic carbocycles. The molecule has 1 N–H and O–H groups in total. The van der Waals surface area contributed by atoms with Gasteiger partial charge in [-0.05, 0) is 6.92 Å².